The van der Waals surface area contributed by atoms with Gasteiger partial charge in [0.2, 0.25) is 0 Å². The van der Waals surface area contributed by atoms with Crippen molar-refractivity contribution in [2.45, 2.75) is 104 Å². The van der Waals surface area contributed by atoms with Crippen molar-refractivity contribution in [1.82, 2.24) is 15.1 Å². The van der Waals surface area contributed by atoms with Crippen molar-refractivity contribution >= 4 is 11.9 Å². The first-order chi connectivity index (χ1) is 36.5. The Kier molecular flexibility index (Phi) is 72.5. The van der Waals surface area contributed by atoms with Crippen LogP contribution in [0.25, 0.3) is 0 Å². The van der Waals surface area contributed by atoms with Gasteiger partial charge in [-0.3, -0.25) is 24.6 Å². The zero-order chi connectivity index (χ0) is 60.4. The highest BCUT2D eigenvalue weighted by molar-refractivity contribution is 5.73. The molecule has 0 spiro atoms. The second kappa shape index (κ2) is 64.8. The van der Waals surface area contributed by atoms with Crippen LogP contribution in [-0.2, 0) is 42.9 Å². The lowest BCUT2D eigenvalue weighted by atomic mass is 10.2. The van der Waals surface area contributed by atoms with Gasteiger partial charge >= 0.3 is 11.9 Å². The summed E-state index contributed by atoms with van der Waals surface area (Å²) in [4.78, 5) is 29.0. The minimum Gasteiger partial charge on any atom is -0.463 e. The molecule has 29 heteroatoms. The zero-order valence-corrected chi connectivity index (χ0v) is 47.1. The van der Waals surface area contributed by atoms with Crippen molar-refractivity contribution in [3.05, 3.63) is 0 Å². The average molecular weight is 1140 g/mol. The van der Waals surface area contributed by atoms with Gasteiger partial charge in [0, 0.05) is 58.3 Å². The summed E-state index contributed by atoms with van der Waals surface area (Å²) < 4.78 is 27.9. The van der Waals surface area contributed by atoms with E-state index < -0.39 is 74.6 Å². The SMILES string of the molecule is CC(O)CN(CCO)CCO.CC(O)CN(CCO)CCO.CC(O)COC(=O)C(CO)CO.CC(O)COC(=O)C(CO)CO.CC1CO1.CC1CO1.CC1CO1.CC1CO1.OCC(CO)COO.OCCNCCO. The highest BCUT2D eigenvalue weighted by Gasteiger charge is 2.20. The number of aliphatic hydroxyl groups is 16. The van der Waals surface area contributed by atoms with Crippen LogP contribution in [0, 0.1) is 17.8 Å². The maximum atomic E-state index is 10.9. The highest BCUT2D eigenvalue weighted by Crippen LogP contribution is 2.06. The summed E-state index contributed by atoms with van der Waals surface area (Å²) in [7, 11) is 0. The Balaban J connectivity index is -0.000000186. The van der Waals surface area contributed by atoms with E-state index >= 15 is 0 Å². The summed E-state index contributed by atoms with van der Waals surface area (Å²) >= 11 is 0. The summed E-state index contributed by atoms with van der Waals surface area (Å²) in [6, 6.07) is 0. The summed E-state index contributed by atoms with van der Waals surface area (Å²) in [6.07, 6.45) is 0.0557. The molecule has 0 amide bonds. The van der Waals surface area contributed by atoms with Gasteiger partial charge in [0.15, 0.2) is 0 Å². The van der Waals surface area contributed by atoms with Gasteiger partial charge in [-0.25, -0.2) is 4.89 Å². The summed E-state index contributed by atoms with van der Waals surface area (Å²) in [5.74, 6) is -3.55. The van der Waals surface area contributed by atoms with E-state index in [0.29, 0.717) is 76.8 Å². The van der Waals surface area contributed by atoms with Gasteiger partial charge in [-0.05, 0) is 55.4 Å². The minimum absolute atomic E-state index is 0.0208. The maximum absolute atomic E-state index is 10.9. The number of hydrogen-bond donors (Lipinski definition) is 18. The highest BCUT2D eigenvalue weighted by atomic mass is 17.1. The number of ether oxygens (including phenoxy) is 6. The second-order valence-corrected chi connectivity index (χ2v) is 17.6. The van der Waals surface area contributed by atoms with Crippen molar-refractivity contribution in [3.8, 4) is 0 Å². The van der Waals surface area contributed by atoms with Crippen molar-refractivity contribution in [3.63, 3.8) is 0 Å². The van der Waals surface area contributed by atoms with E-state index in [2.05, 4.69) is 47.4 Å². The molecule has 0 bridgehead atoms. The van der Waals surface area contributed by atoms with E-state index in [9.17, 15) is 9.59 Å². The quantitative estimate of drug-likeness (QED) is 0.0105. The molecule has 0 radical (unpaired) electrons. The van der Waals surface area contributed by atoms with Gasteiger partial charge < -0.3 is 115 Å². The average Bonchev–Trinajstić information content (AvgIpc) is 4.11. The number of aliphatic hydroxyl groups excluding tert-OH is 16. The largest absolute Gasteiger partial charge is 0.463 e. The van der Waals surface area contributed by atoms with Gasteiger partial charge in [-0.1, -0.05) is 0 Å². The van der Waals surface area contributed by atoms with Crippen LogP contribution in [0.2, 0.25) is 0 Å². The zero-order valence-electron chi connectivity index (χ0n) is 47.1. The van der Waals surface area contributed by atoms with E-state index in [1.54, 1.807) is 13.8 Å². The normalized spacial score (nSPS) is 18.3. The maximum Gasteiger partial charge on any atom is 0.313 e. The van der Waals surface area contributed by atoms with Crippen LogP contribution in [0.1, 0.15) is 55.4 Å². The van der Waals surface area contributed by atoms with Crippen LogP contribution in [0.4, 0.5) is 0 Å². The Morgan fingerprint density at radius 2 is 0.701 bits per heavy atom. The molecule has 0 aromatic carbocycles. The second-order valence-electron chi connectivity index (χ2n) is 17.6. The summed E-state index contributed by atoms with van der Waals surface area (Å²) in [5.41, 5.74) is 0. The number of esters is 2. The third-order valence-corrected chi connectivity index (χ3v) is 8.60. The van der Waals surface area contributed by atoms with E-state index in [0.717, 1.165) is 26.4 Å². The van der Waals surface area contributed by atoms with Crippen LogP contribution >= 0.6 is 0 Å². The molecule has 4 saturated heterocycles. The van der Waals surface area contributed by atoms with Gasteiger partial charge in [-0.15, -0.1) is 0 Å². The summed E-state index contributed by atoms with van der Waals surface area (Å²) in [6.45, 7) is 20.8. The fourth-order valence-electron chi connectivity index (χ4n) is 3.89. The lowest BCUT2D eigenvalue weighted by molar-refractivity contribution is -0.254. The molecule has 4 heterocycles. The number of carbonyl (C=O) groups is 2. The Bertz CT molecular complexity index is 1040. The molecule has 0 saturated carbocycles. The van der Waals surface area contributed by atoms with E-state index in [-0.39, 0.29) is 78.6 Å². The van der Waals surface area contributed by atoms with Crippen LogP contribution in [0.5, 0.6) is 0 Å². The van der Waals surface area contributed by atoms with Crippen molar-refractivity contribution in [2.75, 3.05) is 178 Å². The molecule has 77 heavy (non-hydrogen) atoms. The summed E-state index contributed by atoms with van der Waals surface area (Å²) in [5, 5.41) is 147. The molecule has 4 rings (SSSR count). The molecule has 8 unspecified atom stereocenters. The monoisotopic (exact) mass is 1140 g/mol. The molecule has 4 aliphatic rings. The fourth-order valence-corrected chi connectivity index (χ4v) is 3.89. The van der Waals surface area contributed by atoms with E-state index in [1.165, 1.54) is 13.8 Å². The minimum atomic E-state index is -0.899. The van der Waals surface area contributed by atoms with Crippen molar-refractivity contribution in [2.24, 2.45) is 17.8 Å². The van der Waals surface area contributed by atoms with Gasteiger partial charge in [0.05, 0.1) is 161 Å². The number of rotatable bonds is 30. The Labute approximate surface area is 456 Å². The van der Waals surface area contributed by atoms with Crippen molar-refractivity contribution in [1.29, 1.82) is 0 Å². The van der Waals surface area contributed by atoms with Crippen LogP contribution in [0.3, 0.4) is 0 Å². The Morgan fingerprint density at radius 3 is 0.831 bits per heavy atom. The predicted octanol–water partition coefficient (Wildman–Crippen LogP) is -6.41. The van der Waals surface area contributed by atoms with Gasteiger partial charge in [0.1, 0.15) is 25.0 Å². The molecule has 8 atom stereocenters. The van der Waals surface area contributed by atoms with Crippen molar-refractivity contribution < 1.29 is 130 Å². The standard InChI is InChI=1S/2C7H17NO3.2C7H14O5.C4H11NO2.C4H10O4.4C3H6O/c2*1-7(11)6-8(2-4-9)3-5-10;2*1-5(10)4-12-7(11)6(2-8)3-9;6-3-1-5-2-4-7;5-1-4(2-6)3-8-7;4*1-3-2-4-3/h2*7,9-11H,2-6H2,1H3;2*5-6,8-10H,2-4H2,1H3;5-7H,1-4H2;4-7H,1-3H2;4*3H,2H2,1H3. The molecule has 29 nitrogen and oxygen atoms in total. The number of nitrogens with zero attached hydrogens (tertiary/aromatic N) is 2. The predicted molar refractivity (Wildman–Crippen MR) is 280 cm³/mol. The molecule has 4 aliphatic heterocycles. The molecule has 18 N–H and O–H groups in total. The molecule has 470 valence electrons. The third-order valence-electron chi connectivity index (χ3n) is 8.60. The van der Waals surface area contributed by atoms with Crippen LogP contribution in [0.15, 0.2) is 0 Å². The van der Waals surface area contributed by atoms with E-state index in [4.69, 9.17) is 106 Å². The Hall–Kier alpha value is -2.06. The fraction of sp³-hybridized carbons (Fsp3) is 0.958. The van der Waals surface area contributed by atoms with Crippen LogP contribution in [-0.4, -0.2) is 335 Å². The molecular weight excluding hydrogens is 1030 g/mol. The lowest BCUT2D eigenvalue weighted by Crippen LogP contribution is -2.35. The Morgan fingerprint density at radius 1 is 0.455 bits per heavy atom. The van der Waals surface area contributed by atoms with Gasteiger partial charge in [0.25, 0.3) is 0 Å². The number of nitrogens with one attached hydrogen (secondary N) is 1. The third kappa shape index (κ3) is 85.4. The molecule has 0 aromatic heterocycles. The number of hydrogen-bond acceptors (Lipinski definition) is 29. The number of carbonyl (C=O) groups excluding carboxylic acids is 2. The van der Waals surface area contributed by atoms with Gasteiger partial charge in [-0.2, -0.15) is 0 Å². The molecular formula is C48H107N3O26. The van der Waals surface area contributed by atoms with Crippen LogP contribution < -0.4 is 5.32 Å². The first-order valence-corrected chi connectivity index (χ1v) is 25.7. The topological polar surface area (TPSA) is 474 Å². The first-order valence-electron chi connectivity index (χ1n) is 25.7. The molecule has 0 aromatic rings. The molecule has 4 fully saturated rings. The first kappa shape index (κ1) is 86.2. The molecule has 0 aliphatic carbocycles. The smallest absolute Gasteiger partial charge is 0.313 e. The number of epoxide rings is 4. The van der Waals surface area contributed by atoms with E-state index in [1.807, 2.05) is 9.80 Å². The lowest BCUT2D eigenvalue weighted by Gasteiger charge is -2.21.